The summed E-state index contributed by atoms with van der Waals surface area (Å²) in [5.74, 6) is 0.417. The summed E-state index contributed by atoms with van der Waals surface area (Å²) in [4.78, 5) is 0. The van der Waals surface area contributed by atoms with Gasteiger partial charge >= 0.3 is 6.18 Å². The van der Waals surface area contributed by atoms with Gasteiger partial charge in [0.1, 0.15) is 5.75 Å². The molecule has 0 aliphatic rings. The molecule has 0 heterocycles. The molecule has 0 aliphatic carbocycles. The van der Waals surface area contributed by atoms with Crippen LogP contribution in [0.5, 0.6) is 5.75 Å². The standard InChI is InChI=1S/C11H13F3O2/c1-10(15,7-11(12,13)14)8-4-3-5-9(6-8)16-2/h3-6,15H,7H2,1-2H3. The zero-order chi connectivity index (χ0) is 12.4. The number of benzene rings is 1. The number of aliphatic hydroxyl groups is 1. The van der Waals surface area contributed by atoms with Gasteiger partial charge in [-0.05, 0) is 24.6 Å². The van der Waals surface area contributed by atoms with Gasteiger partial charge in [-0.15, -0.1) is 0 Å². The van der Waals surface area contributed by atoms with Crippen molar-refractivity contribution < 1.29 is 23.0 Å². The molecular weight excluding hydrogens is 221 g/mol. The molecule has 0 radical (unpaired) electrons. The van der Waals surface area contributed by atoms with E-state index in [0.717, 1.165) is 6.92 Å². The van der Waals surface area contributed by atoms with E-state index in [-0.39, 0.29) is 5.56 Å². The molecule has 1 rings (SSSR count). The fraction of sp³-hybridized carbons (Fsp3) is 0.455. The molecule has 1 aromatic carbocycles. The minimum absolute atomic E-state index is 0.184. The molecule has 0 bridgehead atoms. The number of ether oxygens (including phenoxy) is 1. The lowest BCUT2D eigenvalue weighted by Crippen LogP contribution is -2.28. The van der Waals surface area contributed by atoms with Gasteiger partial charge in [0.25, 0.3) is 0 Å². The van der Waals surface area contributed by atoms with Crippen LogP contribution in [0.4, 0.5) is 13.2 Å². The predicted octanol–water partition coefficient (Wildman–Crippen LogP) is 2.86. The summed E-state index contributed by atoms with van der Waals surface area (Å²) in [6.07, 6.45) is -5.69. The molecule has 0 spiro atoms. The smallest absolute Gasteiger partial charge is 0.392 e. The molecule has 1 unspecified atom stereocenters. The number of hydrogen-bond donors (Lipinski definition) is 1. The first-order valence-electron chi connectivity index (χ1n) is 4.68. The lowest BCUT2D eigenvalue weighted by atomic mass is 9.92. The molecule has 0 saturated carbocycles. The van der Waals surface area contributed by atoms with Crippen LogP contribution in [0.15, 0.2) is 24.3 Å². The first-order chi connectivity index (χ1) is 7.24. The van der Waals surface area contributed by atoms with E-state index in [1.807, 2.05) is 0 Å². The van der Waals surface area contributed by atoms with Crippen LogP contribution in [0, 0.1) is 0 Å². The van der Waals surface area contributed by atoms with Gasteiger partial charge in [-0.2, -0.15) is 13.2 Å². The van der Waals surface area contributed by atoms with Crippen molar-refractivity contribution in [2.45, 2.75) is 25.1 Å². The van der Waals surface area contributed by atoms with E-state index in [1.165, 1.54) is 19.2 Å². The topological polar surface area (TPSA) is 29.5 Å². The van der Waals surface area contributed by atoms with Crippen LogP contribution in [0.3, 0.4) is 0 Å². The summed E-state index contributed by atoms with van der Waals surface area (Å²) in [5.41, 5.74) is -1.75. The summed E-state index contributed by atoms with van der Waals surface area (Å²) in [5, 5.41) is 9.77. The van der Waals surface area contributed by atoms with Crippen molar-refractivity contribution >= 4 is 0 Å². The maximum Gasteiger partial charge on any atom is 0.392 e. The molecule has 1 atom stereocenters. The van der Waals surface area contributed by atoms with Gasteiger partial charge in [0, 0.05) is 0 Å². The normalized spacial score (nSPS) is 15.6. The van der Waals surface area contributed by atoms with Crippen molar-refractivity contribution in [1.29, 1.82) is 0 Å². The highest BCUT2D eigenvalue weighted by molar-refractivity contribution is 5.32. The summed E-state index contributed by atoms with van der Waals surface area (Å²) in [6, 6.07) is 5.98. The molecule has 1 N–H and O–H groups in total. The fourth-order valence-corrected chi connectivity index (χ4v) is 1.45. The van der Waals surface area contributed by atoms with E-state index in [2.05, 4.69) is 0 Å². The summed E-state index contributed by atoms with van der Waals surface area (Å²) in [7, 11) is 1.41. The van der Waals surface area contributed by atoms with Gasteiger partial charge < -0.3 is 9.84 Å². The van der Waals surface area contributed by atoms with Crippen LogP contribution in [0.1, 0.15) is 18.9 Å². The van der Waals surface area contributed by atoms with Crippen LogP contribution in [-0.2, 0) is 5.60 Å². The Bertz CT molecular complexity index is 358. The second-order valence-corrected chi connectivity index (χ2v) is 3.80. The maximum absolute atomic E-state index is 12.2. The Hall–Kier alpha value is -1.23. The van der Waals surface area contributed by atoms with Crippen molar-refractivity contribution in [3.8, 4) is 5.75 Å². The van der Waals surface area contributed by atoms with E-state index in [9.17, 15) is 18.3 Å². The first-order valence-corrected chi connectivity index (χ1v) is 4.68. The van der Waals surface area contributed by atoms with Gasteiger partial charge in [-0.1, -0.05) is 12.1 Å². The Balaban J connectivity index is 2.97. The maximum atomic E-state index is 12.2. The average Bonchev–Trinajstić information content (AvgIpc) is 2.14. The monoisotopic (exact) mass is 234 g/mol. The van der Waals surface area contributed by atoms with Crippen LogP contribution < -0.4 is 4.74 Å². The van der Waals surface area contributed by atoms with Crippen molar-refractivity contribution in [2.75, 3.05) is 7.11 Å². The second-order valence-electron chi connectivity index (χ2n) is 3.80. The highest BCUT2D eigenvalue weighted by atomic mass is 19.4. The number of halogens is 3. The van der Waals surface area contributed by atoms with Crippen LogP contribution >= 0.6 is 0 Å². The molecular formula is C11H13F3O2. The fourth-order valence-electron chi connectivity index (χ4n) is 1.45. The molecule has 5 heteroatoms. The zero-order valence-corrected chi connectivity index (χ0v) is 9.01. The highest BCUT2D eigenvalue weighted by Gasteiger charge is 2.39. The van der Waals surface area contributed by atoms with Crippen molar-refractivity contribution in [2.24, 2.45) is 0 Å². The number of rotatable bonds is 3. The molecule has 2 nitrogen and oxygen atoms in total. The minimum Gasteiger partial charge on any atom is -0.497 e. The third-order valence-corrected chi connectivity index (χ3v) is 2.24. The number of methoxy groups -OCH3 is 1. The first kappa shape index (κ1) is 12.8. The van der Waals surface area contributed by atoms with Gasteiger partial charge in [-0.3, -0.25) is 0 Å². The van der Waals surface area contributed by atoms with E-state index in [4.69, 9.17) is 4.74 Å². The third-order valence-electron chi connectivity index (χ3n) is 2.24. The van der Waals surface area contributed by atoms with Crippen molar-refractivity contribution in [3.63, 3.8) is 0 Å². The number of hydrogen-bond acceptors (Lipinski definition) is 2. The van der Waals surface area contributed by atoms with Gasteiger partial charge in [0.05, 0.1) is 19.1 Å². The zero-order valence-electron chi connectivity index (χ0n) is 9.01. The lowest BCUT2D eigenvalue weighted by Gasteiger charge is -2.25. The Labute approximate surface area is 91.7 Å². The van der Waals surface area contributed by atoms with Crippen LogP contribution in [0.2, 0.25) is 0 Å². The van der Waals surface area contributed by atoms with E-state index < -0.39 is 18.2 Å². The van der Waals surface area contributed by atoms with Crippen LogP contribution in [0.25, 0.3) is 0 Å². The SMILES string of the molecule is COc1cccc(C(C)(O)CC(F)(F)F)c1. The van der Waals surface area contributed by atoms with Gasteiger partial charge in [-0.25, -0.2) is 0 Å². The third kappa shape index (κ3) is 3.41. The molecule has 16 heavy (non-hydrogen) atoms. The largest absolute Gasteiger partial charge is 0.497 e. The Morgan fingerprint density at radius 3 is 2.44 bits per heavy atom. The van der Waals surface area contributed by atoms with Crippen LogP contribution in [-0.4, -0.2) is 18.4 Å². The average molecular weight is 234 g/mol. The lowest BCUT2D eigenvalue weighted by molar-refractivity contribution is -0.174. The number of alkyl halides is 3. The summed E-state index contributed by atoms with van der Waals surface area (Å²) < 4.78 is 41.6. The molecule has 0 amide bonds. The molecule has 0 fully saturated rings. The highest BCUT2D eigenvalue weighted by Crippen LogP contribution is 2.35. The van der Waals surface area contributed by atoms with E-state index in [0.29, 0.717) is 5.75 Å². The molecule has 0 aliphatic heterocycles. The van der Waals surface area contributed by atoms with Crippen molar-refractivity contribution in [3.05, 3.63) is 29.8 Å². The summed E-state index contributed by atoms with van der Waals surface area (Å²) >= 11 is 0. The predicted molar refractivity (Wildman–Crippen MR) is 53.2 cm³/mol. The van der Waals surface area contributed by atoms with E-state index >= 15 is 0 Å². The molecule has 0 aromatic heterocycles. The Morgan fingerprint density at radius 2 is 1.94 bits per heavy atom. The molecule has 90 valence electrons. The van der Waals surface area contributed by atoms with Crippen molar-refractivity contribution in [1.82, 2.24) is 0 Å². The van der Waals surface area contributed by atoms with Gasteiger partial charge in [0.2, 0.25) is 0 Å². The van der Waals surface area contributed by atoms with E-state index in [1.54, 1.807) is 12.1 Å². The molecule has 1 aromatic rings. The second kappa shape index (κ2) is 4.33. The summed E-state index contributed by atoms with van der Waals surface area (Å²) in [6.45, 7) is 1.13. The molecule has 0 saturated heterocycles. The Kier molecular flexibility index (Phi) is 3.48. The minimum atomic E-state index is -4.41. The van der Waals surface area contributed by atoms with Gasteiger partial charge in [0.15, 0.2) is 0 Å². The quantitative estimate of drug-likeness (QED) is 0.871. The Morgan fingerprint density at radius 1 is 1.31 bits per heavy atom.